The smallest absolute Gasteiger partial charge is 0.293 e. The zero-order valence-corrected chi connectivity index (χ0v) is 12.4. The van der Waals surface area contributed by atoms with E-state index in [2.05, 4.69) is 4.98 Å². The second kappa shape index (κ2) is 5.92. The maximum Gasteiger partial charge on any atom is 0.293 e. The number of halogens is 2. The van der Waals surface area contributed by atoms with Gasteiger partial charge in [-0.25, -0.2) is 19.2 Å². The predicted octanol–water partition coefficient (Wildman–Crippen LogP) is 2.99. The lowest BCUT2D eigenvalue weighted by Gasteiger charge is -2.17. The van der Waals surface area contributed by atoms with Gasteiger partial charge in [0.2, 0.25) is 0 Å². The van der Waals surface area contributed by atoms with Crippen molar-refractivity contribution < 1.29 is 18.8 Å². The van der Waals surface area contributed by atoms with Gasteiger partial charge in [-0.3, -0.25) is 10.0 Å². The van der Waals surface area contributed by atoms with Crippen LogP contribution in [0.25, 0.3) is 10.9 Å². The Kier molecular flexibility index (Phi) is 3.96. The fourth-order valence-corrected chi connectivity index (χ4v) is 2.76. The number of carbonyl (C=O) groups is 1. The second-order valence-corrected chi connectivity index (χ2v) is 5.44. The predicted molar refractivity (Wildman–Crippen MR) is 80.5 cm³/mol. The van der Waals surface area contributed by atoms with Crippen molar-refractivity contribution in [3.05, 3.63) is 53.3 Å². The SMILES string of the molecule is Cc1nc(C(=O)NO)cc2ccn(CC3=CC=C(F)CC3F)c12. The summed E-state index contributed by atoms with van der Waals surface area (Å²) in [5, 5.41) is 9.45. The van der Waals surface area contributed by atoms with E-state index in [1.54, 1.807) is 30.7 Å². The number of hydrogen-bond donors (Lipinski definition) is 2. The summed E-state index contributed by atoms with van der Waals surface area (Å²) in [6.45, 7) is 2.01. The molecule has 1 unspecified atom stereocenters. The number of pyridine rings is 1. The normalized spacial score (nSPS) is 17.8. The molecule has 1 aliphatic carbocycles. The van der Waals surface area contributed by atoms with Crippen molar-refractivity contribution in [3.63, 3.8) is 0 Å². The van der Waals surface area contributed by atoms with Crippen molar-refractivity contribution in [2.45, 2.75) is 26.1 Å². The number of nitrogens with zero attached hydrogens (tertiary/aromatic N) is 2. The van der Waals surface area contributed by atoms with Crippen LogP contribution in [0.5, 0.6) is 0 Å². The Morgan fingerprint density at radius 2 is 2.30 bits per heavy atom. The summed E-state index contributed by atoms with van der Waals surface area (Å²) in [5.74, 6) is -1.15. The molecule has 2 aromatic rings. The molecule has 3 rings (SSSR count). The Morgan fingerprint density at radius 1 is 1.52 bits per heavy atom. The molecule has 0 spiro atoms. The third kappa shape index (κ3) is 2.87. The lowest BCUT2D eigenvalue weighted by atomic mass is 10.0. The van der Waals surface area contributed by atoms with E-state index in [0.717, 1.165) is 10.9 Å². The summed E-state index contributed by atoms with van der Waals surface area (Å²) in [6, 6.07) is 3.33. The average molecular weight is 319 g/mol. The highest BCUT2D eigenvalue weighted by Gasteiger charge is 2.20. The van der Waals surface area contributed by atoms with Gasteiger partial charge in [-0.15, -0.1) is 0 Å². The largest absolute Gasteiger partial charge is 0.342 e. The van der Waals surface area contributed by atoms with E-state index in [0.29, 0.717) is 11.3 Å². The summed E-state index contributed by atoms with van der Waals surface area (Å²) in [6.07, 6.45) is 2.94. The van der Waals surface area contributed by atoms with Crippen molar-refractivity contribution in [2.75, 3.05) is 0 Å². The Balaban J connectivity index is 1.99. The van der Waals surface area contributed by atoms with E-state index in [-0.39, 0.29) is 18.7 Å². The van der Waals surface area contributed by atoms with E-state index < -0.39 is 17.9 Å². The number of hydroxylamine groups is 1. The minimum Gasteiger partial charge on any atom is -0.342 e. The number of aryl methyl sites for hydroxylation is 1. The maximum absolute atomic E-state index is 13.9. The third-order valence-electron chi connectivity index (χ3n) is 3.86. The molecule has 0 bridgehead atoms. The lowest BCUT2D eigenvalue weighted by molar-refractivity contribution is 0.0700. The van der Waals surface area contributed by atoms with Crippen LogP contribution in [0.4, 0.5) is 8.78 Å². The molecule has 120 valence electrons. The van der Waals surface area contributed by atoms with Crippen LogP contribution < -0.4 is 5.48 Å². The number of carbonyl (C=O) groups excluding carboxylic acids is 1. The van der Waals surface area contributed by atoms with Crippen LogP contribution in [0.2, 0.25) is 0 Å². The first kappa shape index (κ1) is 15.4. The zero-order chi connectivity index (χ0) is 16.6. The molecular weight excluding hydrogens is 304 g/mol. The van der Waals surface area contributed by atoms with E-state index >= 15 is 0 Å². The van der Waals surface area contributed by atoms with Crippen LogP contribution in [0.15, 0.2) is 41.9 Å². The highest BCUT2D eigenvalue weighted by Crippen LogP contribution is 2.26. The number of nitrogens with one attached hydrogen (secondary N) is 1. The Hall–Kier alpha value is -2.54. The highest BCUT2D eigenvalue weighted by molar-refractivity contribution is 5.96. The number of allylic oxidation sites excluding steroid dienone is 4. The first-order valence-electron chi connectivity index (χ1n) is 7.09. The van der Waals surface area contributed by atoms with E-state index in [1.165, 1.54) is 12.2 Å². The number of amides is 1. The first-order chi connectivity index (χ1) is 11.0. The van der Waals surface area contributed by atoms with Crippen molar-refractivity contribution in [1.82, 2.24) is 15.0 Å². The summed E-state index contributed by atoms with van der Waals surface area (Å²) >= 11 is 0. The molecule has 0 saturated heterocycles. The van der Waals surface area contributed by atoms with Gasteiger partial charge in [-0.1, -0.05) is 6.08 Å². The van der Waals surface area contributed by atoms with Crippen LogP contribution in [-0.2, 0) is 6.54 Å². The topological polar surface area (TPSA) is 67.2 Å². The third-order valence-corrected chi connectivity index (χ3v) is 3.86. The van der Waals surface area contributed by atoms with Crippen molar-refractivity contribution in [2.24, 2.45) is 0 Å². The molecule has 7 heteroatoms. The van der Waals surface area contributed by atoms with Crippen LogP contribution in [-0.4, -0.2) is 26.8 Å². The molecule has 0 radical (unpaired) electrons. The van der Waals surface area contributed by atoms with Gasteiger partial charge in [0.1, 0.15) is 17.7 Å². The molecule has 2 aromatic heterocycles. The van der Waals surface area contributed by atoms with Crippen LogP contribution in [0.3, 0.4) is 0 Å². The molecule has 1 atom stereocenters. The molecule has 0 fully saturated rings. The Labute approximate surface area is 130 Å². The fourth-order valence-electron chi connectivity index (χ4n) is 2.76. The van der Waals surface area contributed by atoms with E-state index in [9.17, 15) is 13.6 Å². The van der Waals surface area contributed by atoms with Gasteiger partial charge in [0.25, 0.3) is 5.91 Å². The number of alkyl halides is 1. The number of aromatic nitrogens is 2. The standard InChI is InChI=1S/C16H15F2N3O2/c1-9-15-10(6-14(19-9)16(22)20-23)4-5-21(15)8-11-2-3-12(17)7-13(11)18/h2-6,13,23H,7-8H2,1H3,(H,20,22). The minimum atomic E-state index is -1.34. The average Bonchev–Trinajstić information content (AvgIpc) is 2.92. The number of rotatable bonds is 3. The molecule has 23 heavy (non-hydrogen) atoms. The summed E-state index contributed by atoms with van der Waals surface area (Å²) in [4.78, 5) is 15.6. The summed E-state index contributed by atoms with van der Waals surface area (Å²) in [7, 11) is 0. The molecule has 1 aliphatic rings. The zero-order valence-electron chi connectivity index (χ0n) is 12.4. The maximum atomic E-state index is 13.9. The van der Waals surface area contributed by atoms with Crippen molar-refractivity contribution in [3.8, 4) is 0 Å². The molecule has 1 amide bonds. The molecule has 0 aromatic carbocycles. The van der Waals surface area contributed by atoms with Gasteiger partial charge in [0.15, 0.2) is 0 Å². The molecule has 0 aliphatic heterocycles. The fraction of sp³-hybridized carbons (Fsp3) is 0.250. The summed E-state index contributed by atoms with van der Waals surface area (Å²) < 4.78 is 28.8. The molecule has 5 nitrogen and oxygen atoms in total. The van der Waals surface area contributed by atoms with Crippen LogP contribution in [0.1, 0.15) is 22.6 Å². The van der Waals surface area contributed by atoms with E-state index in [4.69, 9.17) is 5.21 Å². The van der Waals surface area contributed by atoms with E-state index in [1.807, 2.05) is 4.57 Å². The van der Waals surface area contributed by atoms with Gasteiger partial charge in [-0.2, -0.15) is 0 Å². The van der Waals surface area contributed by atoms with Gasteiger partial charge in [0, 0.05) is 24.5 Å². The first-order valence-corrected chi connectivity index (χ1v) is 7.09. The number of fused-ring (bicyclic) bond motifs is 1. The monoisotopic (exact) mass is 319 g/mol. The lowest BCUT2D eigenvalue weighted by Crippen LogP contribution is -2.20. The Bertz CT molecular complexity index is 839. The summed E-state index contributed by atoms with van der Waals surface area (Å²) in [5.41, 5.74) is 3.48. The van der Waals surface area contributed by atoms with Crippen LogP contribution >= 0.6 is 0 Å². The number of hydrogen-bond acceptors (Lipinski definition) is 3. The van der Waals surface area contributed by atoms with Gasteiger partial charge in [0.05, 0.1) is 11.2 Å². The van der Waals surface area contributed by atoms with Crippen LogP contribution in [0, 0.1) is 6.92 Å². The second-order valence-electron chi connectivity index (χ2n) is 5.44. The molecular formula is C16H15F2N3O2. The van der Waals surface area contributed by atoms with Gasteiger partial charge >= 0.3 is 0 Å². The van der Waals surface area contributed by atoms with Crippen molar-refractivity contribution >= 4 is 16.8 Å². The molecule has 2 N–H and O–H groups in total. The minimum absolute atomic E-state index is 0.0977. The van der Waals surface area contributed by atoms with Gasteiger partial charge in [-0.05, 0) is 30.7 Å². The van der Waals surface area contributed by atoms with Gasteiger partial charge < -0.3 is 4.57 Å². The quantitative estimate of drug-likeness (QED) is 0.675. The Morgan fingerprint density at radius 3 is 3.00 bits per heavy atom. The van der Waals surface area contributed by atoms with Crippen molar-refractivity contribution in [1.29, 1.82) is 0 Å². The molecule has 0 saturated carbocycles. The highest BCUT2D eigenvalue weighted by atomic mass is 19.1. The molecule has 2 heterocycles.